The molecular formula is C10H14O4. The summed E-state index contributed by atoms with van der Waals surface area (Å²) in [6, 6.07) is 0. The molecular weight excluding hydrogens is 184 g/mol. The van der Waals surface area contributed by atoms with Gasteiger partial charge in [0.25, 0.3) is 0 Å². The minimum Gasteiger partial charge on any atom is -0.468 e. The second-order valence-electron chi connectivity index (χ2n) is 2.65. The zero-order chi connectivity index (χ0) is 11.1. The maximum atomic E-state index is 11.2. The lowest BCUT2D eigenvalue weighted by molar-refractivity contribution is -0.153. The molecule has 0 bridgehead atoms. The van der Waals surface area contributed by atoms with Crippen molar-refractivity contribution >= 4 is 11.8 Å². The average molecular weight is 198 g/mol. The molecule has 2 atom stereocenters. The van der Waals surface area contributed by atoms with E-state index in [9.17, 15) is 9.59 Å². The molecule has 0 aliphatic heterocycles. The lowest BCUT2D eigenvalue weighted by Crippen LogP contribution is -2.35. The molecule has 0 unspecified atom stereocenters. The lowest BCUT2D eigenvalue weighted by atomic mass is 9.99. The molecule has 0 aromatic heterocycles. The molecule has 0 radical (unpaired) electrons. The third kappa shape index (κ3) is 3.19. The number of carbonyl (C=O) groups is 2. The standard InChI is InChI=1S/C10H14O4/c1-5-8(14-6-2)9(7(3)11)10(12)13-4/h1,8-9H,6H2,2-4H3/t8-,9+/m0/s1. The highest BCUT2D eigenvalue weighted by Gasteiger charge is 2.32. The molecule has 78 valence electrons. The molecule has 0 aromatic carbocycles. The zero-order valence-electron chi connectivity index (χ0n) is 8.57. The summed E-state index contributed by atoms with van der Waals surface area (Å²) in [6.45, 7) is 3.36. The molecule has 0 spiro atoms. The van der Waals surface area contributed by atoms with Crippen LogP contribution in [0.25, 0.3) is 0 Å². The molecule has 0 saturated carbocycles. The van der Waals surface area contributed by atoms with Gasteiger partial charge in [0.1, 0.15) is 11.9 Å². The van der Waals surface area contributed by atoms with E-state index >= 15 is 0 Å². The van der Waals surface area contributed by atoms with Crippen molar-refractivity contribution in [3.05, 3.63) is 0 Å². The summed E-state index contributed by atoms with van der Waals surface area (Å²) in [7, 11) is 1.21. The van der Waals surface area contributed by atoms with Crippen molar-refractivity contribution in [3.8, 4) is 12.3 Å². The first-order valence-electron chi connectivity index (χ1n) is 4.24. The van der Waals surface area contributed by atoms with E-state index in [1.807, 2.05) is 0 Å². The Labute approximate surface area is 83.6 Å². The van der Waals surface area contributed by atoms with Crippen molar-refractivity contribution in [2.75, 3.05) is 13.7 Å². The van der Waals surface area contributed by atoms with Crippen molar-refractivity contribution in [2.24, 2.45) is 5.92 Å². The van der Waals surface area contributed by atoms with Crippen LogP contribution >= 0.6 is 0 Å². The summed E-state index contributed by atoms with van der Waals surface area (Å²) >= 11 is 0. The predicted octanol–water partition coefficient (Wildman–Crippen LogP) is 0.403. The summed E-state index contributed by atoms with van der Waals surface area (Å²) in [5, 5.41) is 0. The molecule has 0 aromatic rings. The Kier molecular flexibility index (Phi) is 5.58. The van der Waals surface area contributed by atoms with Crippen molar-refractivity contribution in [1.29, 1.82) is 0 Å². The molecule has 0 heterocycles. The molecule has 4 nitrogen and oxygen atoms in total. The van der Waals surface area contributed by atoms with Gasteiger partial charge in [-0.15, -0.1) is 6.42 Å². The number of esters is 1. The van der Waals surface area contributed by atoms with Crippen LogP contribution in [-0.4, -0.2) is 31.6 Å². The smallest absolute Gasteiger partial charge is 0.319 e. The van der Waals surface area contributed by atoms with E-state index in [1.165, 1.54) is 14.0 Å². The van der Waals surface area contributed by atoms with Crippen molar-refractivity contribution < 1.29 is 19.1 Å². The normalized spacial score (nSPS) is 13.9. The van der Waals surface area contributed by atoms with Gasteiger partial charge in [0, 0.05) is 6.61 Å². The fraction of sp³-hybridized carbons (Fsp3) is 0.600. The highest BCUT2D eigenvalue weighted by Crippen LogP contribution is 2.11. The van der Waals surface area contributed by atoms with Gasteiger partial charge < -0.3 is 9.47 Å². The number of terminal acetylenes is 1. The number of hydrogen-bond donors (Lipinski definition) is 0. The summed E-state index contributed by atoms with van der Waals surface area (Å²) in [5.41, 5.74) is 0. The Hall–Kier alpha value is -1.34. The number of hydrogen-bond acceptors (Lipinski definition) is 4. The number of Topliss-reactive ketones (excluding diaryl/α,β-unsaturated/α-hetero) is 1. The van der Waals surface area contributed by atoms with Gasteiger partial charge in [-0.05, 0) is 13.8 Å². The van der Waals surface area contributed by atoms with Gasteiger partial charge in [-0.25, -0.2) is 0 Å². The van der Waals surface area contributed by atoms with Crippen molar-refractivity contribution in [2.45, 2.75) is 20.0 Å². The fourth-order valence-corrected chi connectivity index (χ4v) is 1.05. The highest BCUT2D eigenvalue weighted by atomic mass is 16.5. The maximum absolute atomic E-state index is 11.2. The van der Waals surface area contributed by atoms with Gasteiger partial charge in [0.05, 0.1) is 7.11 Å². The molecule has 0 rings (SSSR count). The van der Waals surface area contributed by atoms with E-state index < -0.39 is 18.0 Å². The monoisotopic (exact) mass is 198 g/mol. The largest absolute Gasteiger partial charge is 0.468 e. The molecule has 14 heavy (non-hydrogen) atoms. The SMILES string of the molecule is C#C[C@H](OCC)[C@@H](C(C)=O)C(=O)OC. The van der Waals surface area contributed by atoms with Crippen molar-refractivity contribution in [3.63, 3.8) is 0 Å². The Balaban J connectivity index is 4.71. The van der Waals surface area contributed by atoms with Gasteiger partial charge in [-0.3, -0.25) is 9.59 Å². The molecule has 4 heteroatoms. The topological polar surface area (TPSA) is 52.6 Å². The van der Waals surface area contributed by atoms with E-state index in [4.69, 9.17) is 11.2 Å². The number of ether oxygens (including phenoxy) is 2. The molecule has 0 N–H and O–H groups in total. The van der Waals surface area contributed by atoms with E-state index in [2.05, 4.69) is 10.7 Å². The van der Waals surface area contributed by atoms with Crippen LogP contribution in [0.2, 0.25) is 0 Å². The first kappa shape index (κ1) is 12.7. The summed E-state index contributed by atoms with van der Waals surface area (Å²) in [6.07, 6.45) is 4.31. The zero-order valence-corrected chi connectivity index (χ0v) is 8.57. The first-order valence-corrected chi connectivity index (χ1v) is 4.24. The predicted molar refractivity (Wildman–Crippen MR) is 50.4 cm³/mol. The Morgan fingerprint density at radius 2 is 2.07 bits per heavy atom. The first-order chi connectivity index (χ1) is 6.58. The summed E-state index contributed by atoms with van der Waals surface area (Å²) < 4.78 is 9.55. The number of methoxy groups -OCH3 is 1. The highest BCUT2D eigenvalue weighted by molar-refractivity contribution is 5.98. The second kappa shape index (κ2) is 6.17. The minimum absolute atomic E-state index is 0.343. The molecule has 0 saturated heterocycles. The number of carbonyl (C=O) groups excluding carboxylic acids is 2. The van der Waals surface area contributed by atoms with Crippen LogP contribution < -0.4 is 0 Å². The van der Waals surface area contributed by atoms with Crippen LogP contribution in [0.4, 0.5) is 0 Å². The van der Waals surface area contributed by atoms with E-state index in [0.29, 0.717) is 6.61 Å². The van der Waals surface area contributed by atoms with E-state index in [0.717, 1.165) is 0 Å². The van der Waals surface area contributed by atoms with Crippen LogP contribution in [0.5, 0.6) is 0 Å². The Morgan fingerprint density at radius 1 is 1.50 bits per heavy atom. The van der Waals surface area contributed by atoms with E-state index in [-0.39, 0.29) is 5.78 Å². The van der Waals surface area contributed by atoms with E-state index in [1.54, 1.807) is 6.92 Å². The summed E-state index contributed by atoms with van der Waals surface area (Å²) in [5.74, 6) is 0.221. The lowest BCUT2D eigenvalue weighted by Gasteiger charge is -2.17. The molecule has 0 fully saturated rings. The van der Waals surface area contributed by atoms with Crippen molar-refractivity contribution in [1.82, 2.24) is 0 Å². The second-order valence-corrected chi connectivity index (χ2v) is 2.65. The van der Waals surface area contributed by atoms with Crippen LogP contribution in [0.3, 0.4) is 0 Å². The van der Waals surface area contributed by atoms with Gasteiger partial charge >= 0.3 is 5.97 Å². The Morgan fingerprint density at radius 3 is 2.36 bits per heavy atom. The van der Waals surface area contributed by atoms with Gasteiger partial charge in [-0.1, -0.05) is 5.92 Å². The molecule has 0 aliphatic rings. The van der Waals surface area contributed by atoms with Crippen LogP contribution in [-0.2, 0) is 19.1 Å². The number of rotatable bonds is 5. The fourth-order valence-electron chi connectivity index (χ4n) is 1.05. The minimum atomic E-state index is -1.02. The number of ketones is 1. The Bertz CT molecular complexity index is 251. The van der Waals surface area contributed by atoms with Gasteiger partial charge in [-0.2, -0.15) is 0 Å². The van der Waals surface area contributed by atoms with Crippen LogP contribution in [0.1, 0.15) is 13.8 Å². The molecule has 0 aliphatic carbocycles. The third-order valence-corrected chi connectivity index (χ3v) is 1.71. The third-order valence-electron chi connectivity index (χ3n) is 1.71. The van der Waals surface area contributed by atoms with Gasteiger partial charge in [0.2, 0.25) is 0 Å². The maximum Gasteiger partial charge on any atom is 0.319 e. The quantitative estimate of drug-likeness (QED) is 0.364. The van der Waals surface area contributed by atoms with Crippen LogP contribution in [0.15, 0.2) is 0 Å². The molecule has 0 amide bonds. The van der Waals surface area contributed by atoms with Gasteiger partial charge in [0.15, 0.2) is 5.92 Å². The summed E-state index contributed by atoms with van der Waals surface area (Å²) in [4.78, 5) is 22.4. The average Bonchev–Trinajstić information content (AvgIpc) is 2.16. The van der Waals surface area contributed by atoms with Crippen LogP contribution in [0, 0.1) is 18.3 Å².